The van der Waals surface area contributed by atoms with Gasteiger partial charge in [0, 0.05) is 48.5 Å². The highest BCUT2D eigenvalue weighted by molar-refractivity contribution is 7.90. The molecule has 3 saturated carbocycles. The van der Waals surface area contributed by atoms with Crippen LogP contribution >= 0.6 is 0 Å². The van der Waals surface area contributed by atoms with Gasteiger partial charge in [-0.3, -0.25) is 19.8 Å². The number of nitro groups is 1. The van der Waals surface area contributed by atoms with Crippen LogP contribution in [0.5, 0.6) is 17.4 Å². The number of H-pyrrole nitrogens is 1. The molecule has 6 heterocycles. The summed E-state index contributed by atoms with van der Waals surface area (Å²) in [4.78, 5) is 42.3. The van der Waals surface area contributed by atoms with Gasteiger partial charge in [-0.15, -0.1) is 0 Å². The summed E-state index contributed by atoms with van der Waals surface area (Å²) in [6, 6.07) is 19.9. The van der Waals surface area contributed by atoms with Crippen LogP contribution in [0.3, 0.4) is 0 Å². The molecule has 2 aromatic carbocycles. The molecule has 63 heavy (non-hydrogen) atoms. The highest BCUT2D eigenvalue weighted by atomic mass is 32.2. The molecule has 2 atom stereocenters. The number of nitrogens with zero attached hydrogens (tertiary/aromatic N) is 5. The minimum atomic E-state index is -4.72. The van der Waals surface area contributed by atoms with E-state index < -0.39 is 31.6 Å². The number of benzene rings is 2. The summed E-state index contributed by atoms with van der Waals surface area (Å²) < 4.78 is 41.8. The molecule has 3 aliphatic carbocycles. The van der Waals surface area contributed by atoms with Crippen LogP contribution in [0.15, 0.2) is 78.1 Å². The van der Waals surface area contributed by atoms with Crippen LogP contribution in [-0.4, -0.2) is 77.4 Å². The number of ether oxygens (including phenoxy) is 2. The molecule has 3 N–H and O–H groups in total. The van der Waals surface area contributed by atoms with E-state index in [1.165, 1.54) is 57.7 Å². The zero-order valence-corrected chi connectivity index (χ0v) is 35.9. The number of nitrogens with one attached hydrogen (secondary N) is 3. The van der Waals surface area contributed by atoms with Crippen LogP contribution in [0.4, 0.5) is 17.1 Å². The van der Waals surface area contributed by atoms with Crippen LogP contribution in [0.2, 0.25) is 0 Å². The molecule has 15 nitrogen and oxygen atoms in total. The van der Waals surface area contributed by atoms with Crippen molar-refractivity contribution in [1.29, 1.82) is 0 Å². The molecule has 5 aromatic rings. The smallest absolute Gasteiger partial charge is 0.300 e. The molecule has 6 aliphatic rings. The number of amides is 1. The third-order valence-corrected chi connectivity index (χ3v) is 16.3. The number of sulfonamides is 1. The van der Waals surface area contributed by atoms with E-state index in [-0.39, 0.29) is 35.5 Å². The lowest BCUT2D eigenvalue weighted by molar-refractivity contribution is -0.384. The highest BCUT2D eigenvalue weighted by Crippen LogP contribution is 2.55. The zero-order valence-electron chi connectivity index (χ0n) is 35.1. The molecule has 5 fully saturated rings. The van der Waals surface area contributed by atoms with Gasteiger partial charge in [0.2, 0.25) is 5.88 Å². The van der Waals surface area contributed by atoms with Gasteiger partial charge in [0.25, 0.3) is 15.9 Å². The van der Waals surface area contributed by atoms with Gasteiger partial charge in [-0.25, -0.2) is 9.71 Å². The first-order valence-electron chi connectivity index (χ1n) is 22.6. The summed E-state index contributed by atoms with van der Waals surface area (Å²) in [6.07, 6.45) is 17.4. The predicted molar refractivity (Wildman–Crippen MR) is 237 cm³/mol. The van der Waals surface area contributed by atoms with Crippen molar-refractivity contribution < 1.29 is 27.6 Å². The van der Waals surface area contributed by atoms with Crippen LogP contribution in [0.25, 0.3) is 11.0 Å². The van der Waals surface area contributed by atoms with Crippen molar-refractivity contribution in [2.45, 2.75) is 106 Å². The lowest BCUT2D eigenvalue weighted by Gasteiger charge is -2.56. The van der Waals surface area contributed by atoms with E-state index in [1.807, 2.05) is 12.1 Å². The van der Waals surface area contributed by atoms with Crippen LogP contribution in [0, 0.1) is 21.4 Å². The maximum Gasteiger partial charge on any atom is 0.300 e. The Hall–Kier alpha value is -5.74. The number of hydrogen-bond donors (Lipinski definition) is 3. The lowest BCUT2D eigenvalue weighted by atomic mass is 9.59. The topological polar surface area (TPSA) is 185 Å². The Morgan fingerprint density at radius 2 is 1.75 bits per heavy atom. The Morgan fingerprint density at radius 3 is 2.49 bits per heavy atom. The SMILES string of the molecule is O=C(NS(=O)(=O)c1cc([N+](=O)[O-])c2c(n1)OC[C@H](C1CCC1)N2)c1ccc(N2CCC3(CC2)CC(N2CCC[C@@H]2c2ccccc2C2CCC2)C3)cc1Oc1cnc2[nH]ccc2c1. The average molecular weight is 873 g/mol. The summed E-state index contributed by atoms with van der Waals surface area (Å²) in [7, 11) is -4.72. The van der Waals surface area contributed by atoms with Gasteiger partial charge in [-0.05, 0) is 123 Å². The van der Waals surface area contributed by atoms with Crippen molar-refractivity contribution in [3.05, 3.63) is 99.9 Å². The number of aromatic nitrogens is 3. The van der Waals surface area contributed by atoms with Gasteiger partial charge in [-0.2, -0.15) is 13.4 Å². The van der Waals surface area contributed by atoms with Gasteiger partial charge in [0.15, 0.2) is 10.7 Å². The molecule has 11 rings (SSSR count). The first-order chi connectivity index (χ1) is 30.6. The quantitative estimate of drug-likeness (QED) is 0.0850. The Labute approximate surface area is 366 Å². The minimum absolute atomic E-state index is 0.0364. The number of piperidine rings is 1. The van der Waals surface area contributed by atoms with E-state index in [0.717, 1.165) is 68.3 Å². The molecule has 16 heteroatoms. The van der Waals surface area contributed by atoms with E-state index in [4.69, 9.17) is 9.47 Å². The third kappa shape index (κ3) is 7.43. The van der Waals surface area contributed by atoms with Crippen molar-refractivity contribution >= 4 is 44.0 Å². The molecule has 0 radical (unpaired) electrons. The standard InChI is InChI=1S/C47H52N8O7S/c56-45(52-63(59,60)42-24-40(55(57)58)43-46(51-42)61-28-38(50-43)30-8-4-9-30)37-14-13-32(23-41(37)62-34-22-31-15-18-48-44(31)49-27-34)53-20-16-47(17-21-53)25-33(26-47)54-19-5-12-39(54)36-11-2-1-10-35(36)29-6-3-7-29/h1-2,10-11,13-15,18,22-24,27,29-30,33,38-39,50H,3-9,12,16-17,19-21,25-26,28H2,(H,48,49)(H,52,56)/t38-,39-/m1/s1. The van der Waals surface area contributed by atoms with Gasteiger partial charge >= 0.3 is 5.69 Å². The number of aromatic amines is 1. The fraction of sp³-hybridized carbons (Fsp3) is 0.468. The van der Waals surface area contributed by atoms with Crippen molar-refractivity contribution in [1.82, 2.24) is 24.6 Å². The van der Waals surface area contributed by atoms with Crippen molar-refractivity contribution in [2.75, 3.05) is 36.5 Å². The summed E-state index contributed by atoms with van der Waals surface area (Å²) in [5.41, 5.74) is 4.48. The summed E-state index contributed by atoms with van der Waals surface area (Å²) in [6.45, 7) is 3.06. The number of fused-ring (bicyclic) bond motifs is 2. The van der Waals surface area contributed by atoms with E-state index in [9.17, 15) is 23.3 Å². The molecular formula is C47H52N8O7S. The summed E-state index contributed by atoms with van der Waals surface area (Å²) in [5.74, 6) is 0.364. The van der Waals surface area contributed by atoms with Crippen LogP contribution in [-0.2, 0) is 10.0 Å². The van der Waals surface area contributed by atoms with Crippen LogP contribution < -0.4 is 24.4 Å². The first kappa shape index (κ1) is 40.1. The maximum absolute atomic E-state index is 14.0. The van der Waals surface area contributed by atoms with Gasteiger partial charge in [0.1, 0.15) is 23.8 Å². The summed E-state index contributed by atoms with van der Waals surface area (Å²) >= 11 is 0. The molecule has 1 spiro atoms. The molecule has 0 unspecified atom stereocenters. The average Bonchev–Trinajstić information content (AvgIpc) is 3.91. The number of anilines is 2. The largest absolute Gasteiger partial charge is 0.474 e. The fourth-order valence-corrected chi connectivity index (χ4v) is 12.0. The second-order valence-electron chi connectivity index (χ2n) is 18.7. The van der Waals surface area contributed by atoms with Crippen molar-refractivity contribution in [3.8, 4) is 17.4 Å². The van der Waals surface area contributed by atoms with Gasteiger partial charge < -0.3 is 24.7 Å². The lowest BCUT2D eigenvalue weighted by Crippen LogP contribution is -2.55. The number of carbonyl (C=O) groups is 1. The Bertz CT molecular complexity index is 2700. The highest BCUT2D eigenvalue weighted by Gasteiger charge is 2.50. The van der Waals surface area contributed by atoms with Crippen LogP contribution in [0.1, 0.15) is 110 Å². The van der Waals surface area contributed by atoms with Crippen molar-refractivity contribution in [2.24, 2.45) is 11.3 Å². The van der Waals surface area contributed by atoms with E-state index >= 15 is 0 Å². The Morgan fingerprint density at radius 1 is 0.952 bits per heavy atom. The second kappa shape index (κ2) is 15.8. The number of likely N-dealkylation sites (tertiary alicyclic amines) is 1. The normalized spacial score (nSPS) is 22.6. The molecule has 1 amide bonds. The molecule has 328 valence electrons. The Balaban J connectivity index is 0.807. The van der Waals surface area contributed by atoms with Crippen molar-refractivity contribution in [3.63, 3.8) is 0 Å². The zero-order chi connectivity index (χ0) is 42.9. The maximum atomic E-state index is 14.0. The van der Waals surface area contributed by atoms with Gasteiger partial charge in [-0.1, -0.05) is 37.1 Å². The van der Waals surface area contributed by atoms with E-state index in [0.29, 0.717) is 34.8 Å². The number of pyridine rings is 2. The monoisotopic (exact) mass is 872 g/mol. The third-order valence-electron chi connectivity index (χ3n) is 15.1. The van der Waals surface area contributed by atoms with E-state index in [2.05, 4.69) is 59.1 Å². The second-order valence-corrected chi connectivity index (χ2v) is 20.3. The molecule has 2 saturated heterocycles. The Kier molecular flexibility index (Phi) is 10.1. The molecular weight excluding hydrogens is 821 g/mol. The predicted octanol–water partition coefficient (Wildman–Crippen LogP) is 8.60. The first-order valence-corrected chi connectivity index (χ1v) is 24.1. The van der Waals surface area contributed by atoms with E-state index in [1.54, 1.807) is 35.5 Å². The van der Waals surface area contributed by atoms with Gasteiger partial charge in [0.05, 0.1) is 28.8 Å². The molecule has 0 bridgehead atoms. The summed E-state index contributed by atoms with van der Waals surface area (Å²) in [5, 5.41) is 15.5. The molecule has 3 aliphatic heterocycles. The molecule has 3 aromatic heterocycles. The number of hydrogen-bond acceptors (Lipinski definition) is 12. The minimum Gasteiger partial charge on any atom is -0.474 e. The fourth-order valence-electron chi connectivity index (χ4n) is 11.1. The number of rotatable bonds is 11. The number of carbonyl (C=O) groups excluding carboxylic acids is 1.